The Morgan fingerprint density at radius 1 is 1.31 bits per heavy atom. The van der Waals surface area contributed by atoms with Crippen LogP contribution in [0.5, 0.6) is 0 Å². The molecule has 0 aromatic rings. The molecule has 3 heteroatoms. The first-order valence-electron chi connectivity index (χ1n) is 5.18. The van der Waals surface area contributed by atoms with Crippen LogP contribution < -0.4 is 0 Å². The summed E-state index contributed by atoms with van der Waals surface area (Å²) in [6.07, 6.45) is 1.07. The molecule has 0 saturated carbocycles. The average Bonchev–Trinajstić information content (AvgIpc) is 2.53. The number of morpholine rings is 1. The van der Waals surface area contributed by atoms with Crippen molar-refractivity contribution in [3.05, 3.63) is 0 Å². The summed E-state index contributed by atoms with van der Waals surface area (Å²) in [5, 5.41) is 0. The molecule has 0 aliphatic carbocycles. The van der Waals surface area contributed by atoms with E-state index in [1.807, 2.05) is 0 Å². The molecule has 2 aliphatic heterocycles. The molecule has 2 heterocycles. The van der Waals surface area contributed by atoms with E-state index >= 15 is 0 Å². The van der Waals surface area contributed by atoms with Crippen molar-refractivity contribution in [3.63, 3.8) is 0 Å². The molecular weight excluding hydrogens is 166 g/mol. The summed E-state index contributed by atoms with van der Waals surface area (Å²) in [4.78, 5) is 2.48. The van der Waals surface area contributed by atoms with Gasteiger partial charge >= 0.3 is 0 Å². The van der Waals surface area contributed by atoms with Gasteiger partial charge in [-0.1, -0.05) is 0 Å². The Balaban J connectivity index is 1.98. The number of ether oxygens (including phenoxy) is 2. The highest BCUT2D eigenvalue weighted by Crippen LogP contribution is 2.27. The van der Waals surface area contributed by atoms with Crippen molar-refractivity contribution in [1.29, 1.82) is 0 Å². The SMILES string of the molecule is CC(C)N1CCO[C@]2(CCOC2)C1. The fourth-order valence-corrected chi connectivity index (χ4v) is 2.14. The second-order valence-corrected chi connectivity index (χ2v) is 4.40. The van der Waals surface area contributed by atoms with Gasteiger partial charge < -0.3 is 9.47 Å². The van der Waals surface area contributed by atoms with Crippen molar-refractivity contribution in [2.45, 2.75) is 31.9 Å². The van der Waals surface area contributed by atoms with Gasteiger partial charge in [-0.15, -0.1) is 0 Å². The second-order valence-electron chi connectivity index (χ2n) is 4.40. The smallest absolute Gasteiger partial charge is 0.106 e. The van der Waals surface area contributed by atoms with Crippen LogP contribution in [0.25, 0.3) is 0 Å². The lowest BCUT2D eigenvalue weighted by Gasteiger charge is -2.41. The summed E-state index contributed by atoms with van der Waals surface area (Å²) in [7, 11) is 0. The van der Waals surface area contributed by atoms with Gasteiger partial charge in [0.2, 0.25) is 0 Å². The first-order valence-corrected chi connectivity index (χ1v) is 5.18. The standard InChI is InChI=1S/C10H19NO2/c1-9(2)11-4-6-13-10(7-11)3-5-12-8-10/h9H,3-8H2,1-2H3/t10-/m1/s1. The molecule has 0 unspecified atom stereocenters. The van der Waals surface area contributed by atoms with Crippen LogP contribution in [-0.4, -0.2) is 49.5 Å². The van der Waals surface area contributed by atoms with Crippen molar-refractivity contribution < 1.29 is 9.47 Å². The molecule has 0 bridgehead atoms. The largest absolute Gasteiger partial charge is 0.378 e. The molecule has 2 fully saturated rings. The lowest BCUT2D eigenvalue weighted by atomic mass is 10.00. The monoisotopic (exact) mass is 185 g/mol. The zero-order valence-corrected chi connectivity index (χ0v) is 8.58. The van der Waals surface area contributed by atoms with E-state index < -0.39 is 0 Å². The van der Waals surface area contributed by atoms with E-state index in [0.717, 1.165) is 39.3 Å². The van der Waals surface area contributed by atoms with E-state index in [2.05, 4.69) is 18.7 Å². The lowest BCUT2D eigenvalue weighted by molar-refractivity contribution is -0.115. The number of hydrogen-bond donors (Lipinski definition) is 0. The van der Waals surface area contributed by atoms with E-state index in [1.54, 1.807) is 0 Å². The molecule has 0 amide bonds. The summed E-state index contributed by atoms with van der Waals surface area (Å²) in [5.41, 5.74) is 0.0303. The summed E-state index contributed by atoms with van der Waals surface area (Å²) in [5.74, 6) is 0. The first-order chi connectivity index (χ1) is 6.22. The second kappa shape index (κ2) is 3.56. The molecule has 0 radical (unpaired) electrons. The normalized spacial score (nSPS) is 36.2. The molecule has 13 heavy (non-hydrogen) atoms. The van der Waals surface area contributed by atoms with Gasteiger partial charge in [0.15, 0.2) is 0 Å². The highest BCUT2D eigenvalue weighted by atomic mass is 16.6. The molecule has 0 aromatic carbocycles. The molecule has 3 nitrogen and oxygen atoms in total. The van der Waals surface area contributed by atoms with Gasteiger partial charge in [-0.05, 0) is 13.8 Å². The first kappa shape index (κ1) is 9.44. The number of hydrogen-bond acceptors (Lipinski definition) is 3. The Kier molecular flexibility index (Phi) is 2.58. The maximum Gasteiger partial charge on any atom is 0.106 e. The van der Waals surface area contributed by atoms with E-state index in [1.165, 1.54) is 0 Å². The van der Waals surface area contributed by atoms with E-state index in [0.29, 0.717) is 6.04 Å². The van der Waals surface area contributed by atoms with E-state index in [-0.39, 0.29) is 5.60 Å². The zero-order chi connectivity index (χ0) is 9.31. The third-order valence-corrected chi connectivity index (χ3v) is 3.08. The average molecular weight is 185 g/mol. The molecule has 2 saturated heterocycles. The molecule has 0 aromatic heterocycles. The van der Waals surface area contributed by atoms with Crippen LogP contribution in [-0.2, 0) is 9.47 Å². The van der Waals surface area contributed by atoms with Gasteiger partial charge in [-0.2, -0.15) is 0 Å². The molecule has 2 aliphatic rings. The van der Waals surface area contributed by atoms with E-state index in [9.17, 15) is 0 Å². The predicted octanol–water partition coefficient (Wildman–Crippen LogP) is 0.886. The fourth-order valence-electron chi connectivity index (χ4n) is 2.14. The number of nitrogens with zero attached hydrogens (tertiary/aromatic N) is 1. The summed E-state index contributed by atoms with van der Waals surface area (Å²) in [6.45, 7) is 9.12. The summed E-state index contributed by atoms with van der Waals surface area (Å²) in [6, 6.07) is 0.626. The highest BCUT2D eigenvalue weighted by molar-refractivity contribution is 4.91. The molecule has 0 N–H and O–H groups in total. The maximum atomic E-state index is 5.84. The Morgan fingerprint density at radius 2 is 2.15 bits per heavy atom. The Labute approximate surface area is 80.0 Å². The van der Waals surface area contributed by atoms with Crippen LogP contribution in [0.15, 0.2) is 0 Å². The van der Waals surface area contributed by atoms with Crippen molar-refractivity contribution in [1.82, 2.24) is 4.90 Å². The van der Waals surface area contributed by atoms with Crippen LogP contribution >= 0.6 is 0 Å². The van der Waals surface area contributed by atoms with Gasteiger partial charge in [0, 0.05) is 32.2 Å². The van der Waals surface area contributed by atoms with Crippen molar-refractivity contribution in [2.24, 2.45) is 0 Å². The van der Waals surface area contributed by atoms with Crippen LogP contribution in [0, 0.1) is 0 Å². The van der Waals surface area contributed by atoms with Crippen LogP contribution in [0.2, 0.25) is 0 Å². The minimum absolute atomic E-state index is 0.0303. The van der Waals surface area contributed by atoms with Gasteiger partial charge in [0.1, 0.15) is 5.60 Å². The zero-order valence-electron chi connectivity index (χ0n) is 8.58. The molecule has 1 atom stereocenters. The quantitative estimate of drug-likeness (QED) is 0.605. The minimum atomic E-state index is 0.0303. The lowest BCUT2D eigenvalue weighted by Crippen LogP contribution is -2.54. The Bertz CT molecular complexity index is 176. The van der Waals surface area contributed by atoms with Gasteiger partial charge in [-0.25, -0.2) is 0 Å². The summed E-state index contributed by atoms with van der Waals surface area (Å²) >= 11 is 0. The van der Waals surface area contributed by atoms with Crippen molar-refractivity contribution in [2.75, 3.05) is 32.9 Å². The highest BCUT2D eigenvalue weighted by Gasteiger charge is 2.40. The van der Waals surface area contributed by atoms with Crippen molar-refractivity contribution >= 4 is 0 Å². The maximum absolute atomic E-state index is 5.84. The fraction of sp³-hybridized carbons (Fsp3) is 1.00. The Morgan fingerprint density at radius 3 is 2.77 bits per heavy atom. The third kappa shape index (κ3) is 1.87. The van der Waals surface area contributed by atoms with Crippen LogP contribution in [0.4, 0.5) is 0 Å². The third-order valence-electron chi connectivity index (χ3n) is 3.08. The Hall–Kier alpha value is -0.120. The molecule has 1 spiro atoms. The van der Waals surface area contributed by atoms with Crippen molar-refractivity contribution in [3.8, 4) is 0 Å². The van der Waals surface area contributed by atoms with Gasteiger partial charge in [0.25, 0.3) is 0 Å². The number of rotatable bonds is 1. The van der Waals surface area contributed by atoms with Crippen LogP contribution in [0.1, 0.15) is 20.3 Å². The molecule has 2 rings (SSSR count). The summed E-state index contributed by atoms with van der Waals surface area (Å²) < 4.78 is 11.3. The molecule has 76 valence electrons. The minimum Gasteiger partial charge on any atom is -0.378 e. The molecular formula is C10H19NO2. The van der Waals surface area contributed by atoms with Gasteiger partial charge in [0.05, 0.1) is 13.2 Å². The topological polar surface area (TPSA) is 21.7 Å². The van der Waals surface area contributed by atoms with Crippen LogP contribution in [0.3, 0.4) is 0 Å². The van der Waals surface area contributed by atoms with E-state index in [4.69, 9.17) is 9.47 Å². The van der Waals surface area contributed by atoms with Gasteiger partial charge in [-0.3, -0.25) is 4.90 Å². The predicted molar refractivity (Wildman–Crippen MR) is 50.8 cm³/mol.